The van der Waals surface area contributed by atoms with Crippen LogP contribution < -0.4 is 5.32 Å². The Balaban J connectivity index is 0.00000128. The number of likely N-dealkylation sites (tertiary alicyclic amines) is 1. The highest BCUT2D eigenvalue weighted by atomic mass is 35.5. The number of hydrogen-bond acceptors (Lipinski definition) is 3. The van der Waals surface area contributed by atoms with E-state index in [-0.39, 0.29) is 12.4 Å². The Kier molecular flexibility index (Phi) is 5.51. The lowest BCUT2D eigenvalue weighted by molar-refractivity contribution is 0.0791. The Hall–Kier alpha value is 0.170. The van der Waals surface area contributed by atoms with Gasteiger partial charge in [0.05, 0.1) is 6.61 Å². The van der Waals surface area contributed by atoms with Crippen LogP contribution in [0.1, 0.15) is 33.6 Å². The van der Waals surface area contributed by atoms with E-state index in [2.05, 4.69) is 31.0 Å². The van der Waals surface area contributed by atoms with Crippen LogP contribution in [0.4, 0.5) is 0 Å². The predicted molar refractivity (Wildman–Crippen MR) is 69.0 cm³/mol. The summed E-state index contributed by atoms with van der Waals surface area (Å²) in [5.74, 6) is 0.829. The first kappa shape index (κ1) is 14.2. The third kappa shape index (κ3) is 3.59. The number of nitrogens with zero attached hydrogens (tertiary/aromatic N) is 1. The second-order valence-electron chi connectivity index (χ2n) is 5.37. The van der Waals surface area contributed by atoms with Gasteiger partial charge in [0.25, 0.3) is 0 Å². The first-order valence-corrected chi connectivity index (χ1v) is 6.27. The number of hydrogen-bond donors (Lipinski definition) is 1. The largest absolute Gasteiger partial charge is 0.362 e. The van der Waals surface area contributed by atoms with Crippen LogP contribution in [0.15, 0.2) is 0 Å². The Morgan fingerprint density at radius 3 is 2.69 bits per heavy atom. The van der Waals surface area contributed by atoms with Crippen molar-refractivity contribution in [1.29, 1.82) is 0 Å². The normalized spacial score (nSPS) is 35.6. The van der Waals surface area contributed by atoms with E-state index in [0.29, 0.717) is 18.3 Å². The van der Waals surface area contributed by atoms with E-state index in [9.17, 15) is 0 Å². The van der Waals surface area contributed by atoms with Gasteiger partial charge in [0.15, 0.2) is 0 Å². The van der Waals surface area contributed by atoms with Gasteiger partial charge in [-0.05, 0) is 46.1 Å². The molecule has 0 radical (unpaired) electrons. The minimum atomic E-state index is 0. The minimum Gasteiger partial charge on any atom is -0.362 e. The maximum absolute atomic E-state index is 5.69. The summed E-state index contributed by atoms with van der Waals surface area (Å²) in [6.07, 6.45) is 2.85. The summed E-state index contributed by atoms with van der Waals surface area (Å²) in [6, 6.07) is 1.24. The number of halogens is 1. The molecule has 2 heterocycles. The third-order valence-electron chi connectivity index (χ3n) is 3.61. The van der Waals surface area contributed by atoms with Gasteiger partial charge in [-0.2, -0.15) is 0 Å². The number of nitrogens with one attached hydrogen (secondary N) is 1. The Morgan fingerprint density at radius 1 is 1.44 bits per heavy atom. The summed E-state index contributed by atoms with van der Waals surface area (Å²) in [7, 11) is 0. The first-order valence-electron chi connectivity index (χ1n) is 6.27. The van der Waals surface area contributed by atoms with Crippen LogP contribution in [0.2, 0.25) is 0 Å². The van der Waals surface area contributed by atoms with Crippen LogP contribution in [0.25, 0.3) is 0 Å². The van der Waals surface area contributed by atoms with Crippen molar-refractivity contribution in [2.75, 3.05) is 19.7 Å². The molecule has 0 bridgehead atoms. The molecule has 0 aromatic heterocycles. The van der Waals surface area contributed by atoms with Crippen LogP contribution in [-0.2, 0) is 4.74 Å². The van der Waals surface area contributed by atoms with Gasteiger partial charge in [0.2, 0.25) is 0 Å². The van der Waals surface area contributed by atoms with Crippen LogP contribution in [0, 0.1) is 5.92 Å². The molecule has 0 aliphatic carbocycles. The highest BCUT2D eigenvalue weighted by Crippen LogP contribution is 2.24. The average Bonchev–Trinajstić information content (AvgIpc) is 2.76. The van der Waals surface area contributed by atoms with Crippen LogP contribution >= 0.6 is 12.4 Å². The second kappa shape index (κ2) is 6.20. The van der Waals surface area contributed by atoms with Gasteiger partial charge in [0.1, 0.15) is 6.23 Å². The van der Waals surface area contributed by atoms with Gasteiger partial charge >= 0.3 is 0 Å². The zero-order valence-corrected chi connectivity index (χ0v) is 11.4. The van der Waals surface area contributed by atoms with E-state index in [4.69, 9.17) is 4.74 Å². The van der Waals surface area contributed by atoms with E-state index < -0.39 is 0 Å². The first-order chi connectivity index (χ1) is 7.15. The predicted octanol–water partition coefficient (Wildman–Crippen LogP) is 1.86. The lowest BCUT2D eigenvalue weighted by atomic mass is 10.0. The summed E-state index contributed by atoms with van der Waals surface area (Å²) < 4.78 is 5.69. The van der Waals surface area contributed by atoms with Crippen molar-refractivity contribution in [3.63, 3.8) is 0 Å². The van der Waals surface area contributed by atoms with Crippen LogP contribution in [0.3, 0.4) is 0 Å². The van der Waals surface area contributed by atoms with Crippen molar-refractivity contribution in [2.24, 2.45) is 5.92 Å². The molecule has 3 nitrogen and oxygen atoms in total. The van der Waals surface area contributed by atoms with Gasteiger partial charge in [0, 0.05) is 18.6 Å². The van der Waals surface area contributed by atoms with E-state index >= 15 is 0 Å². The third-order valence-corrected chi connectivity index (χ3v) is 3.61. The Morgan fingerprint density at radius 2 is 2.19 bits per heavy atom. The van der Waals surface area contributed by atoms with Crippen molar-refractivity contribution >= 4 is 12.4 Å². The Bertz CT molecular complexity index is 213. The van der Waals surface area contributed by atoms with Gasteiger partial charge in [-0.3, -0.25) is 5.32 Å². The molecule has 1 N–H and O–H groups in total. The molecule has 0 amide bonds. The molecule has 4 heteroatoms. The quantitative estimate of drug-likeness (QED) is 0.825. The second-order valence-corrected chi connectivity index (χ2v) is 5.37. The molecule has 0 spiro atoms. The molecular formula is C12H25ClN2O. The fourth-order valence-corrected chi connectivity index (χ4v) is 2.64. The SMILES string of the molecule is CC1COC(CC2CCN(C(C)C)C2)N1.Cl. The fourth-order valence-electron chi connectivity index (χ4n) is 2.64. The average molecular weight is 249 g/mol. The van der Waals surface area contributed by atoms with Gasteiger partial charge in [-0.15, -0.1) is 12.4 Å². The number of ether oxygens (including phenoxy) is 1. The molecule has 2 rings (SSSR count). The van der Waals surface area contributed by atoms with Crippen molar-refractivity contribution in [3.05, 3.63) is 0 Å². The van der Waals surface area contributed by atoms with Crippen molar-refractivity contribution in [1.82, 2.24) is 10.2 Å². The summed E-state index contributed by atoms with van der Waals surface area (Å²) in [5.41, 5.74) is 0. The minimum absolute atomic E-state index is 0. The molecule has 0 saturated carbocycles. The zero-order chi connectivity index (χ0) is 10.8. The standard InChI is InChI=1S/C12H24N2O.ClH/c1-9(2)14-5-4-11(7-14)6-12-13-10(3)8-15-12;/h9-13H,4-8H2,1-3H3;1H. The van der Waals surface area contributed by atoms with Gasteiger partial charge < -0.3 is 9.64 Å². The molecule has 3 unspecified atom stereocenters. The van der Waals surface area contributed by atoms with Crippen molar-refractivity contribution < 1.29 is 4.74 Å². The Labute approximate surface area is 105 Å². The monoisotopic (exact) mass is 248 g/mol. The van der Waals surface area contributed by atoms with Crippen molar-refractivity contribution in [3.8, 4) is 0 Å². The highest BCUT2D eigenvalue weighted by molar-refractivity contribution is 5.85. The summed E-state index contributed by atoms with van der Waals surface area (Å²) >= 11 is 0. The maximum atomic E-state index is 5.69. The lowest BCUT2D eigenvalue weighted by Crippen LogP contribution is -2.32. The summed E-state index contributed by atoms with van der Waals surface area (Å²) in [5, 5.41) is 3.48. The molecule has 0 aromatic rings. The molecule has 3 atom stereocenters. The highest BCUT2D eigenvalue weighted by Gasteiger charge is 2.29. The zero-order valence-electron chi connectivity index (χ0n) is 10.6. The van der Waals surface area contributed by atoms with E-state index in [0.717, 1.165) is 12.5 Å². The van der Waals surface area contributed by atoms with Crippen molar-refractivity contribution in [2.45, 2.75) is 51.9 Å². The van der Waals surface area contributed by atoms with Crippen LogP contribution in [0.5, 0.6) is 0 Å². The topological polar surface area (TPSA) is 24.5 Å². The summed E-state index contributed by atoms with van der Waals surface area (Å²) in [6.45, 7) is 10.2. The summed E-state index contributed by atoms with van der Waals surface area (Å²) in [4.78, 5) is 2.57. The number of rotatable bonds is 3. The molecule has 2 fully saturated rings. The fraction of sp³-hybridized carbons (Fsp3) is 1.00. The molecule has 2 aliphatic rings. The molecule has 2 saturated heterocycles. The molecule has 2 aliphatic heterocycles. The molecule has 96 valence electrons. The van der Waals surface area contributed by atoms with E-state index in [1.807, 2.05) is 0 Å². The molecular weight excluding hydrogens is 224 g/mol. The van der Waals surface area contributed by atoms with E-state index in [1.165, 1.54) is 25.9 Å². The molecule has 16 heavy (non-hydrogen) atoms. The van der Waals surface area contributed by atoms with Gasteiger partial charge in [-0.25, -0.2) is 0 Å². The lowest BCUT2D eigenvalue weighted by Gasteiger charge is -2.21. The molecule has 0 aromatic carbocycles. The maximum Gasteiger partial charge on any atom is 0.108 e. The smallest absolute Gasteiger partial charge is 0.108 e. The van der Waals surface area contributed by atoms with E-state index in [1.54, 1.807) is 0 Å². The van der Waals surface area contributed by atoms with Gasteiger partial charge in [-0.1, -0.05) is 0 Å². The van der Waals surface area contributed by atoms with Crippen LogP contribution in [-0.4, -0.2) is 42.9 Å².